The second-order valence-electron chi connectivity index (χ2n) is 13.9. The molecule has 1 saturated heterocycles. The van der Waals surface area contributed by atoms with E-state index in [2.05, 4.69) is 5.32 Å². The van der Waals surface area contributed by atoms with E-state index >= 15 is 0 Å². The first-order valence-electron chi connectivity index (χ1n) is 16.8. The number of carbonyl (C=O) groups is 2. The maximum Gasteiger partial charge on any atom is 0.416 e. The Hall–Kier alpha value is -4.49. The van der Waals surface area contributed by atoms with E-state index in [-0.39, 0.29) is 30.3 Å². The number of nitrogens with zero attached hydrogens (tertiary/aromatic N) is 3. The summed E-state index contributed by atoms with van der Waals surface area (Å²) >= 11 is 1.20. The van der Waals surface area contributed by atoms with Gasteiger partial charge in [0, 0.05) is 37.7 Å². The Labute approximate surface area is 298 Å². The third kappa shape index (κ3) is 7.74. The number of methoxy groups -OCH3 is 1. The summed E-state index contributed by atoms with van der Waals surface area (Å²) in [4.78, 5) is 42.5. The van der Waals surface area contributed by atoms with Gasteiger partial charge >= 0.3 is 18.2 Å². The molecule has 9 nitrogen and oxygen atoms in total. The van der Waals surface area contributed by atoms with Gasteiger partial charge in [-0.25, -0.2) is 13.9 Å². The molecule has 13 heteroatoms. The molecular weight excluding hydrogens is 682 g/mol. The van der Waals surface area contributed by atoms with Crippen molar-refractivity contribution in [3.8, 4) is 11.1 Å². The molecule has 4 aromatic rings. The third-order valence-corrected chi connectivity index (χ3v) is 10.2. The van der Waals surface area contributed by atoms with Crippen LogP contribution in [0, 0.1) is 0 Å². The molecule has 2 aliphatic rings. The smallest absolute Gasteiger partial charge is 0.416 e. The lowest BCUT2D eigenvalue weighted by Crippen LogP contribution is -2.46. The van der Waals surface area contributed by atoms with Crippen LogP contribution in [0.15, 0.2) is 76.6 Å². The van der Waals surface area contributed by atoms with Crippen LogP contribution in [-0.4, -0.2) is 71.3 Å². The Balaban J connectivity index is 1.56. The van der Waals surface area contributed by atoms with Crippen molar-refractivity contribution in [3.63, 3.8) is 0 Å². The zero-order valence-electron chi connectivity index (χ0n) is 29.2. The van der Waals surface area contributed by atoms with Crippen LogP contribution in [0.5, 0.6) is 0 Å². The van der Waals surface area contributed by atoms with Crippen LogP contribution >= 0.6 is 11.9 Å². The van der Waals surface area contributed by atoms with Crippen LogP contribution in [0.4, 0.5) is 23.7 Å². The fraction of sp³-hybridized carbons (Fsp3) is 0.395. The Morgan fingerprint density at radius 1 is 0.980 bits per heavy atom. The maximum absolute atomic E-state index is 14.8. The van der Waals surface area contributed by atoms with E-state index in [1.54, 1.807) is 43.1 Å². The highest BCUT2D eigenvalue weighted by molar-refractivity contribution is 7.97. The molecule has 3 heterocycles. The number of fused-ring (bicyclic) bond motifs is 2. The molecule has 1 atom stereocenters. The Morgan fingerprint density at radius 3 is 2.35 bits per heavy atom. The van der Waals surface area contributed by atoms with Gasteiger partial charge in [-0.2, -0.15) is 13.2 Å². The van der Waals surface area contributed by atoms with Crippen molar-refractivity contribution in [3.05, 3.63) is 93.8 Å². The molecular formula is C38H41F3N4O5S. The summed E-state index contributed by atoms with van der Waals surface area (Å²) in [5.74, 6) is -0.640. The molecule has 0 bridgehead atoms. The van der Waals surface area contributed by atoms with Crippen molar-refractivity contribution in [1.82, 2.24) is 13.8 Å². The van der Waals surface area contributed by atoms with Gasteiger partial charge in [-0.15, -0.1) is 0 Å². The number of likely N-dealkylation sites (tertiary alicyclic amines) is 1. The second-order valence-corrected chi connectivity index (χ2v) is 15.1. The lowest BCUT2D eigenvalue weighted by Gasteiger charge is -2.36. The van der Waals surface area contributed by atoms with E-state index in [1.165, 1.54) is 29.7 Å². The summed E-state index contributed by atoms with van der Waals surface area (Å²) in [6.07, 6.45) is -3.84. The van der Waals surface area contributed by atoms with Gasteiger partial charge in [0.1, 0.15) is 22.4 Å². The third-order valence-electron chi connectivity index (χ3n) is 9.15. The minimum Gasteiger partial charge on any atom is -0.467 e. The van der Waals surface area contributed by atoms with Gasteiger partial charge in [0.05, 0.1) is 12.7 Å². The van der Waals surface area contributed by atoms with Crippen molar-refractivity contribution in [2.75, 3.05) is 39.1 Å². The zero-order chi connectivity index (χ0) is 36.7. The maximum atomic E-state index is 14.8. The fourth-order valence-electron chi connectivity index (χ4n) is 6.76. The van der Waals surface area contributed by atoms with Crippen molar-refractivity contribution < 1.29 is 32.2 Å². The molecule has 2 aliphatic heterocycles. The minimum absolute atomic E-state index is 0.142. The van der Waals surface area contributed by atoms with Gasteiger partial charge < -0.3 is 19.7 Å². The lowest BCUT2D eigenvalue weighted by atomic mass is 9.91. The number of pyridine rings is 1. The topological polar surface area (TPSA) is 93.1 Å². The lowest BCUT2D eigenvalue weighted by molar-refractivity contribution is -0.145. The van der Waals surface area contributed by atoms with E-state index in [0.29, 0.717) is 42.1 Å². The van der Waals surface area contributed by atoms with Crippen molar-refractivity contribution in [1.29, 1.82) is 0 Å². The number of esters is 1. The summed E-state index contributed by atoms with van der Waals surface area (Å²) in [5, 5.41) is 5.76. The SMILES string of the molecule is COC(=O)C1CN(C)Sc2c(-c3cccc(C(F)(F)F)c3)c(Cc3cccc4ccccc34)c(NC3CCN(C(=O)OC(C)(C)C)CC3)c(=O)n21. The normalized spacial score (nSPS) is 17.3. The molecule has 0 spiro atoms. The number of likely N-dealkylation sites (N-methyl/N-ethyl adjacent to an activating group) is 1. The van der Waals surface area contributed by atoms with E-state index in [9.17, 15) is 27.6 Å². The van der Waals surface area contributed by atoms with E-state index in [0.717, 1.165) is 28.5 Å². The molecule has 0 radical (unpaired) electrons. The summed E-state index contributed by atoms with van der Waals surface area (Å²) in [6, 6.07) is 17.4. The highest BCUT2D eigenvalue weighted by Gasteiger charge is 2.38. The molecule has 0 saturated carbocycles. The first-order chi connectivity index (χ1) is 24.1. The molecule has 1 fully saturated rings. The van der Waals surface area contributed by atoms with Gasteiger partial charge in [-0.05, 0) is 92.2 Å². The molecule has 51 heavy (non-hydrogen) atoms. The highest BCUT2D eigenvalue weighted by Crippen LogP contribution is 2.44. The van der Waals surface area contributed by atoms with Crippen molar-refractivity contribution in [2.24, 2.45) is 0 Å². The van der Waals surface area contributed by atoms with Gasteiger partial charge in [-0.3, -0.25) is 9.36 Å². The molecule has 6 rings (SSSR count). The average Bonchev–Trinajstić information content (AvgIpc) is 3.08. The predicted octanol–water partition coefficient (Wildman–Crippen LogP) is 7.76. The molecule has 270 valence electrons. The number of aromatic nitrogens is 1. The number of anilines is 1. The van der Waals surface area contributed by atoms with E-state index in [1.807, 2.05) is 42.5 Å². The van der Waals surface area contributed by atoms with Gasteiger partial charge in [0.15, 0.2) is 0 Å². The van der Waals surface area contributed by atoms with Crippen LogP contribution < -0.4 is 10.9 Å². The Kier molecular flexibility index (Phi) is 10.2. The summed E-state index contributed by atoms with van der Waals surface area (Å²) in [5.41, 5.74) is 0.336. The van der Waals surface area contributed by atoms with Gasteiger partial charge in [0.25, 0.3) is 5.56 Å². The first kappa shape index (κ1) is 36.3. The number of amides is 1. The molecule has 1 N–H and O–H groups in total. The number of nitrogens with one attached hydrogen (secondary N) is 1. The number of carbonyl (C=O) groups excluding carboxylic acids is 2. The molecule has 0 aliphatic carbocycles. The molecule has 3 aromatic carbocycles. The van der Waals surface area contributed by atoms with Crippen LogP contribution in [0.2, 0.25) is 0 Å². The van der Waals surface area contributed by atoms with Crippen LogP contribution in [0.25, 0.3) is 21.9 Å². The number of hydrogen-bond donors (Lipinski definition) is 1. The van der Waals surface area contributed by atoms with Crippen LogP contribution in [-0.2, 0) is 26.9 Å². The van der Waals surface area contributed by atoms with Gasteiger partial charge in [-0.1, -0.05) is 54.6 Å². The average molecular weight is 723 g/mol. The number of rotatable bonds is 6. The minimum atomic E-state index is -4.61. The number of ether oxygens (including phenoxy) is 2. The van der Waals surface area contributed by atoms with Crippen LogP contribution in [0.3, 0.4) is 0 Å². The quantitative estimate of drug-likeness (QED) is 0.160. The standard InChI is InChI=1S/C38H41F3N4O5S/c1-37(2,3)50-36(48)44-18-16-27(17-19-44)42-32-29(21-24-12-8-11-23-10-6-7-15-28(23)24)31(25-13-9-14-26(20-25)38(39,40)41)34-45(33(32)46)30(35(47)49-5)22-43(4)51-34/h6-15,20,27,30,42H,16-19,21-22H2,1-5H3. The Morgan fingerprint density at radius 2 is 1.67 bits per heavy atom. The summed E-state index contributed by atoms with van der Waals surface area (Å²) < 4.78 is 56.4. The Bertz CT molecular complexity index is 2010. The van der Waals surface area contributed by atoms with Gasteiger partial charge in [0.2, 0.25) is 0 Å². The largest absolute Gasteiger partial charge is 0.467 e. The van der Waals surface area contributed by atoms with Crippen molar-refractivity contribution in [2.45, 2.75) is 68.9 Å². The number of benzene rings is 3. The fourth-order valence-corrected chi connectivity index (χ4v) is 7.90. The zero-order valence-corrected chi connectivity index (χ0v) is 30.0. The number of piperidine rings is 1. The summed E-state index contributed by atoms with van der Waals surface area (Å²) in [7, 11) is 3.01. The number of hydrogen-bond acceptors (Lipinski definition) is 8. The first-order valence-corrected chi connectivity index (χ1v) is 17.6. The number of alkyl halides is 3. The molecule has 1 amide bonds. The predicted molar refractivity (Wildman–Crippen MR) is 192 cm³/mol. The molecule has 1 aromatic heterocycles. The van der Waals surface area contributed by atoms with Crippen molar-refractivity contribution >= 4 is 40.5 Å². The molecule has 1 unspecified atom stereocenters. The monoisotopic (exact) mass is 722 g/mol. The van der Waals surface area contributed by atoms with Crippen LogP contribution in [0.1, 0.15) is 56.3 Å². The second kappa shape index (κ2) is 14.3. The van der Waals surface area contributed by atoms with E-state index in [4.69, 9.17) is 9.47 Å². The highest BCUT2D eigenvalue weighted by atomic mass is 32.2. The number of halogens is 3. The summed E-state index contributed by atoms with van der Waals surface area (Å²) in [6.45, 7) is 6.31. The van der Waals surface area contributed by atoms with E-state index < -0.39 is 41.0 Å².